The number of amides is 1. The van der Waals surface area contributed by atoms with Gasteiger partial charge in [0.2, 0.25) is 0 Å². The molecule has 0 fully saturated rings. The van der Waals surface area contributed by atoms with Crippen LogP contribution < -0.4 is 5.32 Å². The highest BCUT2D eigenvalue weighted by Gasteiger charge is 2.10. The Hall–Kier alpha value is -1.31. The number of aryl methyl sites for hydroxylation is 1. The van der Waals surface area contributed by atoms with Crippen LogP contribution in [0.1, 0.15) is 43.1 Å². The van der Waals surface area contributed by atoms with E-state index >= 15 is 0 Å². The molecular formula is C14H21NO. The van der Waals surface area contributed by atoms with Crippen LogP contribution in [0.25, 0.3) is 0 Å². The summed E-state index contributed by atoms with van der Waals surface area (Å²) in [6.07, 6.45) is 1.01. The molecule has 0 heterocycles. The third-order valence-electron chi connectivity index (χ3n) is 2.48. The maximum atomic E-state index is 11.9. The predicted octanol–water partition coefficient (Wildman–Crippen LogP) is 3.16. The van der Waals surface area contributed by atoms with Crippen LogP contribution in [0, 0.1) is 12.8 Å². The van der Waals surface area contributed by atoms with Crippen molar-refractivity contribution in [2.24, 2.45) is 5.92 Å². The Morgan fingerprint density at radius 2 is 2.00 bits per heavy atom. The van der Waals surface area contributed by atoms with Gasteiger partial charge in [-0.3, -0.25) is 4.79 Å². The fourth-order valence-corrected chi connectivity index (χ4v) is 1.86. The van der Waals surface area contributed by atoms with Gasteiger partial charge < -0.3 is 5.32 Å². The summed E-state index contributed by atoms with van der Waals surface area (Å²) in [7, 11) is 0. The lowest BCUT2D eigenvalue weighted by molar-refractivity contribution is 0.0936. The summed E-state index contributed by atoms with van der Waals surface area (Å²) in [4.78, 5) is 11.9. The SMILES string of the molecule is Cc1cccc(C(=O)NC(C)CC(C)C)c1. The van der Waals surface area contributed by atoms with Gasteiger partial charge >= 0.3 is 0 Å². The smallest absolute Gasteiger partial charge is 0.251 e. The van der Waals surface area contributed by atoms with Crippen LogP contribution in [0.15, 0.2) is 24.3 Å². The van der Waals surface area contributed by atoms with Gasteiger partial charge in [-0.05, 0) is 38.3 Å². The summed E-state index contributed by atoms with van der Waals surface area (Å²) in [5, 5.41) is 3.02. The van der Waals surface area contributed by atoms with Gasteiger partial charge in [0.15, 0.2) is 0 Å². The Morgan fingerprint density at radius 1 is 1.31 bits per heavy atom. The molecule has 0 saturated carbocycles. The van der Waals surface area contributed by atoms with Gasteiger partial charge in [-0.25, -0.2) is 0 Å². The molecule has 1 aromatic rings. The quantitative estimate of drug-likeness (QED) is 0.828. The fourth-order valence-electron chi connectivity index (χ4n) is 1.86. The minimum Gasteiger partial charge on any atom is -0.350 e. The zero-order valence-electron chi connectivity index (χ0n) is 10.6. The van der Waals surface area contributed by atoms with Crippen molar-refractivity contribution in [2.75, 3.05) is 0 Å². The van der Waals surface area contributed by atoms with E-state index in [2.05, 4.69) is 19.2 Å². The van der Waals surface area contributed by atoms with Gasteiger partial charge in [-0.15, -0.1) is 0 Å². The molecule has 1 N–H and O–H groups in total. The molecule has 0 radical (unpaired) electrons. The molecule has 1 unspecified atom stereocenters. The van der Waals surface area contributed by atoms with E-state index < -0.39 is 0 Å². The van der Waals surface area contributed by atoms with Crippen molar-refractivity contribution >= 4 is 5.91 Å². The lowest BCUT2D eigenvalue weighted by Gasteiger charge is -2.16. The fraction of sp³-hybridized carbons (Fsp3) is 0.500. The molecule has 0 spiro atoms. The van der Waals surface area contributed by atoms with Crippen molar-refractivity contribution in [3.8, 4) is 0 Å². The second-order valence-corrected chi connectivity index (χ2v) is 4.87. The first-order chi connectivity index (χ1) is 7.49. The molecule has 1 aromatic carbocycles. The number of hydrogen-bond donors (Lipinski definition) is 1. The molecule has 88 valence electrons. The van der Waals surface area contributed by atoms with Crippen molar-refractivity contribution in [1.82, 2.24) is 5.32 Å². The maximum Gasteiger partial charge on any atom is 0.251 e. The largest absolute Gasteiger partial charge is 0.350 e. The molecule has 1 atom stereocenters. The topological polar surface area (TPSA) is 29.1 Å². The highest BCUT2D eigenvalue weighted by molar-refractivity contribution is 5.94. The molecule has 1 rings (SSSR count). The highest BCUT2D eigenvalue weighted by atomic mass is 16.1. The third kappa shape index (κ3) is 4.05. The molecule has 0 aliphatic rings. The van der Waals surface area contributed by atoms with Crippen molar-refractivity contribution in [2.45, 2.75) is 40.2 Å². The van der Waals surface area contributed by atoms with Crippen LogP contribution >= 0.6 is 0 Å². The van der Waals surface area contributed by atoms with Crippen molar-refractivity contribution in [3.05, 3.63) is 35.4 Å². The minimum atomic E-state index is 0.0249. The number of hydrogen-bond acceptors (Lipinski definition) is 1. The Balaban J connectivity index is 2.59. The molecule has 0 aliphatic carbocycles. The number of rotatable bonds is 4. The normalized spacial score (nSPS) is 12.6. The Morgan fingerprint density at radius 3 is 2.56 bits per heavy atom. The molecular weight excluding hydrogens is 198 g/mol. The number of nitrogens with one attached hydrogen (secondary N) is 1. The average molecular weight is 219 g/mol. The van der Waals surface area contributed by atoms with Gasteiger partial charge in [-0.1, -0.05) is 31.5 Å². The van der Waals surface area contributed by atoms with E-state index in [-0.39, 0.29) is 11.9 Å². The Labute approximate surface area is 98.1 Å². The second kappa shape index (κ2) is 5.69. The summed E-state index contributed by atoms with van der Waals surface area (Å²) < 4.78 is 0. The molecule has 2 heteroatoms. The van der Waals surface area contributed by atoms with E-state index in [0.29, 0.717) is 5.92 Å². The minimum absolute atomic E-state index is 0.0249. The van der Waals surface area contributed by atoms with E-state index in [1.807, 2.05) is 38.1 Å². The van der Waals surface area contributed by atoms with Crippen LogP contribution in [0.2, 0.25) is 0 Å². The molecule has 2 nitrogen and oxygen atoms in total. The van der Waals surface area contributed by atoms with E-state index in [0.717, 1.165) is 17.5 Å². The third-order valence-corrected chi connectivity index (χ3v) is 2.48. The summed E-state index contributed by atoms with van der Waals surface area (Å²) in [5.74, 6) is 0.629. The maximum absolute atomic E-state index is 11.9. The molecule has 0 aliphatic heterocycles. The second-order valence-electron chi connectivity index (χ2n) is 4.87. The summed E-state index contributed by atoms with van der Waals surface area (Å²) in [5.41, 5.74) is 1.86. The van der Waals surface area contributed by atoms with Gasteiger partial charge in [0.25, 0.3) is 5.91 Å². The van der Waals surface area contributed by atoms with Crippen LogP contribution in [0.3, 0.4) is 0 Å². The van der Waals surface area contributed by atoms with Crippen molar-refractivity contribution in [1.29, 1.82) is 0 Å². The van der Waals surface area contributed by atoms with Crippen LogP contribution in [0.4, 0.5) is 0 Å². The Bertz CT molecular complexity index is 358. The zero-order chi connectivity index (χ0) is 12.1. The first-order valence-electron chi connectivity index (χ1n) is 5.86. The molecule has 0 bridgehead atoms. The molecule has 1 amide bonds. The van der Waals surface area contributed by atoms with Gasteiger partial charge in [0, 0.05) is 11.6 Å². The first-order valence-corrected chi connectivity index (χ1v) is 5.86. The number of carbonyl (C=O) groups is 1. The monoisotopic (exact) mass is 219 g/mol. The van der Waals surface area contributed by atoms with Gasteiger partial charge in [0.1, 0.15) is 0 Å². The van der Waals surface area contributed by atoms with E-state index in [1.165, 1.54) is 0 Å². The summed E-state index contributed by atoms with van der Waals surface area (Å²) in [6, 6.07) is 7.90. The Kier molecular flexibility index (Phi) is 4.53. The standard InChI is InChI=1S/C14H21NO/c1-10(2)8-12(4)15-14(16)13-7-5-6-11(3)9-13/h5-7,9-10,12H,8H2,1-4H3,(H,15,16). The molecule has 0 saturated heterocycles. The number of carbonyl (C=O) groups excluding carboxylic acids is 1. The van der Waals surface area contributed by atoms with E-state index in [9.17, 15) is 4.79 Å². The van der Waals surface area contributed by atoms with E-state index in [1.54, 1.807) is 0 Å². The lowest BCUT2D eigenvalue weighted by atomic mass is 10.0. The van der Waals surface area contributed by atoms with Gasteiger partial charge in [-0.2, -0.15) is 0 Å². The molecule has 16 heavy (non-hydrogen) atoms. The average Bonchev–Trinajstić information content (AvgIpc) is 2.16. The summed E-state index contributed by atoms with van der Waals surface area (Å²) >= 11 is 0. The van der Waals surface area contributed by atoms with Crippen molar-refractivity contribution < 1.29 is 4.79 Å². The zero-order valence-corrected chi connectivity index (χ0v) is 10.6. The first kappa shape index (κ1) is 12.8. The lowest BCUT2D eigenvalue weighted by Crippen LogP contribution is -2.33. The summed E-state index contributed by atoms with van der Waals surface area (Å²) in [6.45, 7) is 8.37. The van der Waals surface area contributed by atoms with Crippen LogP contribution in [0.5, 0.6) is 0 Å². The van der Waals surface area contributed by atoms with E-state index in [4.69, 9.17) is 0 Å². The predicted molar refractivity (Wildman–Crippen MR) is 67.6 cm³/mol. The van der Waals surface area contributed by atoms with Crippen LogP contribution in [-0.2, 0) is 0 Å². The highest BCUT2D eigenvalue weighted by Crippen LogP contribution is 2.07. The van der Waals surface area contributed by atoms with Crippen LogP contribution in [-0.4, -0.2) is 11.9 Å². The number of benzene rings is 1. The van der Waals surface area contributed by atoms with Gasteiger partial charge in [0.05, 0.1) is 0 Å². The molecule has 0 aromatic heterocycles. The van der Waals surface area contributed by atoms with Crippen molar-refractivity contribution in [3.63, 3.8) is 0 Å².